The van der Waals surface area contributed by atoms with Crippen molar-refractivity contribution in [2.45, 2.75) is 0 Å². The molecule has 0 bridgehead atoms. The molecule has 0 atom stereocenters. The van der Waals surface area contributed by atoms with Crippen LogP contribution in [-0.2, 0) is 0 Å². The number of benzene rings is 2. The van der Waals surface area contributed by atoms with E-state index >= 15 is 0 Å². The number of nitrogens with zero attached hydrogens (tertiary/aromatic N) is 1. The Balaban J connectivity index is 2.29. The number of carboxylic acids is 1. The fourth-order valence-electron chi connectivity index (χ4n) is 1.58. The van der Waals surface area contributed by atoms with Gasteiger partial charge in [0, 0.05) is 5.69 Å². The minimum absolute atomic E-state index is 0.0900. The maximum atomic E-state index is 14.0. The lowest BCUT2D eigenvalue weighted by Gasteiger charge is -2.09. The second kappa shape index (κ2) is 5.72. The fraction of sp³-hybridized carbons (Fsp3) is 0. The molecular weight excluding hydrogens is 327 g/mol. The van der Waals surface area contributed by atoms with Gasteiger partial charge in [0.25, 0.3) is 0 Å². The van der Waals surface area contributed by atoms with Gasteiger partial charge in [0.05, 0.1) is 21.3 Å². The normalized spacial score (nSPS) is 9.85. The van der Waals surface area contributed by atoms with E-state index in [1.54, 1.807) is 0 Å². The first-order chi connectivity index (χ1) is 9.52. The summed E-state index contributed by atoms with van der Waals surface area (Å²) in [5, 5.41) is 20.4. The molecule has 4 nitrogen and oxygen atoms in total. The summed E-state index contributed by atoms with van der Waals surface area (Å²) in [6.07, 6.45) is 0. The molecule has 0 unspecified atom stereocenters. The molecule has 0 fully saturated rings. The van der Waals surface area contributed by atoms with Crippen molar-refractivity contribution in [2.75, 3.05) is 5.32 Å². The van der Waals surface area contributed by atoms with Gasteiger partial charge in [0.2, 0.25) is 0 Å². The van der Waals surface area contributed by atoms with Gasteiger partial charge in [0.1, 0.15) is 6.07 Å². The number of nitriles is 1. The summed E-state index contributed by atoms with van der Waals surface area (Å²) in [6.45, 7) is 0. The maximum absolute atomic E-state index is 14.0. The number of carboxylic acid groups (broad SMARTS) is 1. The van der Waals surface area contributed by atoms with Gasteiger partial charge in [-0.05, 0) is 52.3 Å². The average molecular weight is 335 g/mol. The number of nitrogens with one attached hydrogen (secondary N) is 1. The van der Waals surface area contributed by atoms with Gasteiger partial charge in [-0.1, -0.05) is 0 Å². The predicted octanol–water partition coefficient (Wildman–Crippen LogP) is 3.90. The molecular formula is C14H8BrFN2O2. The van der Waals surface area contributed by atoms with E-state index in [9.17, 15) is 9.18 Å². The van der Waals surface area contributed by atoms with Crippen LogP contribution < -0.4 is 5.32 Å². The van der Waals surface area contributed by atoms with Crippen molar-refractivity contribution in [3.63, 3.8) is 0 Å². The molecule has 2 rings (SSSR count). The highest BCUT2D eigenvalue weighted by Crippen LogP contribution is 2.28. The predicted molar refractivity (Wildman–Crippen MR) is 75.5 cm³/mol. The molecule has 2 N–H and O–H groups in total. The third kappa shape index (κ3) is 2.78. The molecule has 0 saturated heterocycles. The lowest BCUT2D eigenvalue weighted by molar-refractivity contribution is 0.0697. The van der Waals surface area contributed by atoms with Crippen LogP contribution in [0.3, 0.4) is 0 Å². The number of aromatic carboxylic acids is 1. The van der Waals surface area contributed by atoms with E-state index in [1.165, 1.54) is 36.4 Å². The maximum Gasteiger partial charge on any atom is 0.335 e. The van der Waals surface area contributed by atoms with Crippen LogP contribution in [0.2, 0.25) is 0 Å². The van der Waals surface area contributed by atoms with Crippen molar-refractivity contribution in [1.82, 2.24) is 0 Å². The van der Waals surface area contributed by atoms with Gasteiger partial charge < -0.3 is 10.4 Å². The Labute approximate surface area is 122 Å². The molecule has 2 aromatic rings. The van der Waals surface area contributed by atoms with Crippen LogP contribution in [0.25, 0.3) is 0 Å². The lowest BCUT2D eigenvalue weighted by atomic mass is 10.2. The number of anilines is 2. The standard InChI is InChI=1S/C14H8BrFN2O2/c15-12-9(7-17)3-6-11(13(12)16)18-10-4-1-8(2-5-10)14(19)20/h1-6,18H,(H,19,20). The van der Waals surface area contributed by atoms with Crippen molar-refractivity contribution in [2.24, 2.45) is 0 Å². The second-order valence-corrected chi connectivity index (χ2v) is 4.70. The molecule has 0 aliphatic heterocycles. The Bertz CT molecular complexity index is 708. The first kappa shape index (κ1) is 14.0. The number of hydrogen-bond acceptors (Lipinski definition) is 3. The highest BCUT2D eigenvalue weighted by molar-refractivity contribution is 9.10. The van der Waals surface area contributed by atoms with Crippen LogP contribution in [0.4, 0.5) is 15.8 Å². The zero-order valence-corrected chi connectivity index (χ0v) is 11.6. The van der Waals surface area contributed by atoms with Crippen LogP contribution in [0.5, 0.6) is 0 Å². The lowest BCUT2D eigenvalue weighted by Crippen LogP contribution is -1.98. The summed E-state index contributed by atoms with van der Waals surface area (Å²) >= 11 is 3.02. The third-order valence-electron chi connectivity index (χ3n) is 2.61. The van der Waals surface area contributed by atoms with Crippen molar-refractivity contribution in [3.8, 4) is 6.07 Å². The summed E-state index contributed by atoms with van der Waals surface area (Å²) in [6, 6.07) is 10.7. The van der Waals surface area contributed by atoms with Crippen LogP contribution in [-0.4, -0.2) is 11.1 Å². The Kier molecular flexibility index (Phi) is 4.01. The van der Waals surface area contributed by atoms with Crippen molar-refractivity contribution < 1.29 is 14.3 Å². The Hall–Kier alpha value is -2.39. The molecule has 0 saturated carbocycles. The van der Waals surface area contributed by atoms with Crippen molar-refractivity contribution >= 4 is 33.3 Å². The van der Waals surface area contributed by atoms with Crippen LogP contribution in [0.15, 0.2) is 40.9 Å². The molecule has 0 spiro atoms. The molecule has 100 valence electrons. The Morgan fingerprint density at radius 1 is 1.25 bits per heavy atom. The van der Waals surface area contributed by atoms with Gasteiger partial charge >= 0.3 is 5.97 Å². The van der Waals surface area contributed by atoms with Crippen LogP contribution in [0.1, 0.15) is 15.9 Å². The molecule has 0 radical (unpaired) electrons. The highest BCUT2D eigenvalue weighted by atomic mass is 79.9. The number of carbonyl (C=O) groups is 1. The fourth-order valence-corrected chi connectivity index (χ4v) is 2.02. The van der Waals surface area contributed by atoms with Gasteiger partial charge in [0.15, 0.2) is 5.82 Å². The average Bonchev–Trinajstić information content (AvgIpc) is 2.45. The van der Waals surface area contributed by atoms with E-state index in [1.807, 2.05) is 6.07 Å². The highest BCUT2D eigenvalue weighted by Gasteiger charge is 2.11. The number of hydrogen-bond donors (Lipinski definition) is 2. The SMILES string of the molecule is N#Cc1ccc(Nc2ccc(C(=O)O)cc2)c(F)c1Br. The van der Waals surface area contributed by atoms with E-state index in [0.29, 0.717) is 5.69 Å². The molecule has 0 aliphatic carbocycles. The van der Waals surface area contributed by atoms with Crippen molar-refractivity contribution in [1.29, 1.82) is 5.26 Å². The first-order valence-electron chi connectivity index (χ1n) is 5.51. The Morgan fingerprint density at radius 2 is 1.90 bits per heavy atom. The Morgan fingerprint density at radius 3 is 2.45 bits per heavy atom. The smallest absolute Gasteiger partial charge is 0.335 e. The summed E-state index contributed by atoms with van der Waals surface area (Å²) in [5.74, 6) is -1.60. The monoisotopic (exact) mass is 334 g/mol. The molecule has 2 aromatic carbocycles. The van der Waals surface area contributed by atoms with Gasteiger partial charge in [-0.25, -0.2) is 9.18 Å². The van der Waals surface area contributed by atoms with Crippen LogP contribution >= 0.6 is 15.9 Å². The number of halogens is 2. The third-order valence-corrected chi connectivity index (χ3v) is 3.39. The van der Waals surface area contributed by atoms with Gasteiger partial charge in [-0.2, -0.15) is 5.26 Å². The number of rotatable bonds is 3. The van der Waals surface area contributed by atoms with E-state index < -0.39 is 11.8 Å². The minimum atomic E-state index is -1.02. The summed E-state index contributed by atoms with van der Waals surface area (Å²) in [4.78, 5) is 10.7. The zero-order valence-electron chi connectivity index (χ0n) is 10.0. The van der Waals surface area contributed by atoms with Gasteiger partial charge in [-0.3, -0.25) is 0 Å². The topological polar surface area (TPSA) is 73.1 Å². The van der Waals surface area contributed by atoms with Crippen LogP contribution in [0, 0.1) is 17.1 Å². The van der Waals surface area contributed by atoms with Crippen molar-refractivity contribution in [3.05, 3.63) is 57.8 Å². The van der Waals surface area contributed by atoms with E-state index in [2.05, 4.69) is 21.2 Å². The summed E-state index contributed by atoms with van der Waals surface area (Å²) in [7, 11) is 0. The molecule has 0 aromatic heterocycles. The largest absolute Gasteiger partial charge is 0.478 e. The first-order valence-corrected chi connectivity index (χ1v) is 6.30. The zero-order chi connectivity index (χ0) is 14.7. The molecule has 20 heavy (non-hydrogen) atoms. The van der Waals surface area contributed by atoms with E-state index in [4.69, 9.17) is 10.4 Å². The van der Waals surface area contributed by atoms with E-state index in [-0.39, 0.29) is 21.3 Å². The second-order valence-electron chi connectivity index (χ2n) is 3.91. The molecule has 0 aliphatic rings. The molecule has 0 heterocycles. The quantitative estimate of drug-likeness (QED) is 0.892. The molecule has 0 amide bonds. The minimum Gasteiger partial charge on any atom is -0.478 e. The summed E-state index contributed by atoms with van der Waals surface area (Å²) in [5.41, 5.74) is 1.09. The summed E-state index contributed by atoms with van der Waals surface area (Å²) < 4.78 is 14.1. The van der Waals surface area contributed by atoms with E-state index in [0.717, 1.165) is 0 Å². The molecule has 6 heteroatoms. The van der Waals surface area contributed by atoms with Gasteiger partial charge in [-0.15, -0.1) is 0 Å².